The second kappa shape index (κ2) is 8.61. The predicted molar refractivity (Wildman–Crippen MR) is 73.5 cm³/mol. The van der Waals surface area contributed by atoms with Gasteiger partial charge in [-0.05, 0) is 12.1 Å². The number of amides is 2. The molecule has 0 saturated heterocycles. The summed E-state index contributed by atoms with van der Waals surface area (Å²) in [4.78, 5) is 21.3. The Morgan fingerprint density at radius 2 is 1.74 bits per heavy atom. The van der Waals surface area contributed by atoms with E-state index in [0.29, 0.717) is 5.75 Å². The lowest BCUT2D eigenvalue weighted by molar-refractivity contribution is -0.123. The van der Waals surface area contributed by atoms with Crippen LogP contribution in [0.1, 0.15) is 0 Å². The Bertz CT molecular complexity index is 413. The maximum atomic E-state index is 11.4. The molecule has 0 bridgehead atoms. The Kier molecular flexibility index (Phi) is 7.07. The summed E-state index contributed by atoms with van der Waals surface area (Å²) in [5, 5.41) is 5.04. The zero-order valence-corrected chi connectivity index (χ0v) is 11.6. The van der Waals surface area contributed by atoms with Crippen LogP contribution in [0.25, 0.3) is 0 Å². The van der Waals surface area contributed by atoms with E-state index in [2.05, 4.69) is 10.6 Å². The summed E-state index contributed by atoms with van der Waals surface area (Å²) < 4.78 is 5.24. The van der Waals surface area contributed by atoms with E-state index in [1.165, 1.54) is 0 Å². The molecule has 5 nitrogen and oxygen atoms in total. The van der Waals surface area contributed by atoms with E-state index in [0.717, 1.165) is 0 Å². The molecule has 1 rings (SSSR count). The number of para-hydroxylation sites is 1. The van der Waals surface area contributed by atoms with E-state index < -0.39 is 10.7 Å². The maximum absolute atomic E-state index is 11.4. The average molecular weight is 305 g/mol. The van der Waals surface area contributed by atoms with Crippen molar-refractivity contribution in [2.75, 3.05) is 19.7 Å². The molecule has 0 spiro atoms. The van der Waals surface area contributed by atoms with Crippen molar-refractivity contribution in [1.82, 2.24) is 10.6 Å². The van der Waals surface area contributed by atoms with E-state index in [-0.39, 0.29) is 25.6 Å². The zero-order chi connectivity index (χ0) is 14.1. The van der Waals surface area contributed by atoms with Crippen LogP contribution in [-0.4, -0.2) is 36.3 Å². The van der Waals surface area contributed by atoms with Crippen LogP contribution in [-0.2, 0) is 9.59 Å². The molecule has 0 unspecified atom stereocenters. The Morgan fingerprint density at radius 3 is 2.37 bits per heavy atom. The standard InChI is InChI=1S/C12H14Cl2N2O3/c13-11(14)12(18)16-7-6-15-10(17)8-19-9-4-2-1-3-5-9/h1-5,11H,6-8H2,(H,15,17)(H,16,18). The SMILES string of the molecule is O=C(COc1ccccc1)NCCNC(=O)C(Cl)Cl. The molecule has 0 fully saturated rings. The Morgan fingerprint density at radius 1 is 1.11 bits per heavy atom. The number of carbonyl (C=O) groups excluding carboxylic acids is 2. The Hall–Kier alpha value is -1.46. The number of nitrogens with one attached hydrogen (secondary N) is 2. The van der Waals surface area contributed by atoms with Gasteiger partial charge in [-0.3, -0.25) is 9.59 Å². The lowest BCUT2D eigenvalue weighted by Crippen LogP contribution is -2.38. The molecule has 0 heterocycles. The summed E-state index contributed by atoms with van der Waals surface area (Å²) in [6.07, 6.45) is 0. The molecule has 0 radical (unpaired) electrons. The van der Waals surface area contributed by atoms with Gasteiger partial charge in [0.1, 0.15) is 5.75 Å². The van der Waals surface area contributed by atoms with Crippen LogP contribution in [0.3, 0.4) is 0 Å². The monoisotopic (exact) mass is 304 g/mol. The van der Waals surface area contributed by atoms with Gasteiger partial charge < -0.3 is 15.4 Å². The van der Waals surface area contributed by atoms with Gasteiger partial charge in [0, 0.05) is 13.1 Å². The first kappa shape index (κ1) is 15.6. The van der Waals surface area contributed by atoms with Crippen LogP contribution in [0.2, 0.25) is 0 Å². The summed E-state index contributed by atoms with van der Waals surface area (Å²) >= 11 is 10.7. The Labute approximate surface area is 121 Å². The zero-order valence-electron chi connectivity index (χ0n) is 10.1. The van der Waals surface area contributed by atoms with Crippen LogP contribution < -0.4 is 15.4 Å². The largest absolute Gasteiger partial charge is 0.484 e. The molecule has 7 heteroatoms. The minimum absolute atomic E-state index is 0.0778. The highest BCUT2D eigenvalue weighted by Gasteiger charge is 2.09. The van der Waals surface area contributed by atoms with Gasteiger partial charge in [-0.1, -0.05) is 41.4 Å². The first-order valence-electron chi connectivity index (χ1n) is 5.60. The van der Waals surface area contributed by atoms with Gasteiger partial charge in [-0.25, -0.2) is 0 Å². The van der Waals surface area contributed by atoms with Crippen molar-refractivity contribution in [2.45, 2.75) is 4.84 Å². The van der Waals surface area contributed by atoms with Crippen LogP contribution in [0.4, 0.5) is 0 Å². The molecule has 1 aromatic carbocycles. The lowest BCUT2D eigenvalue weighted by atomic mass is 10.3. The number of benzene rings is 1. The second-order valence-corrected chi connectivity index (χ2v) is 4.64. The number of hydrogen-bond donors (Lipinski definition) is 2. The predicted octanol–water partition coefficient (Wildman–Crippen LogP) is 1.10. The van der Waals surface area contributed by atoms with Crippen molar-refractivity contribution in [2.24, 2.45) is 0 Å². The number of halogens is 2. The summed E-state index contributed by atoms with van der Waals surface area (Å²) in [5.41, 5.74) is 0. The lowest BCUT2D eigenvalue weighted by Gasteiger charge is -2.08. The topological polar surface area (TPSA) is 67.4 Å². The molecular weight excluding hydrogens is 291 g/mol. The van der Waals surface area contributed by atoms with E-state index in [4.69, 9.17) is 27.9 Å². The molecule has 0 aliphatic heterocycles. The van der Waals surface area contributed by atoms with Crippen molar-refractivity contribution >= 4 is 35.0 Å². The molecule has 0 aliphatic rings. The number of hydrogen-bond acceptors (Lipinski definition) is 3. The fraction of sp³-hybridized carbons (Fsp3) is 0.333. The minimum Gasteiger partial charge on any atom is -0.484 e. The normalized spacial score (nSPS) is 10.1. The van der Waals surface area contributed by atoms with E-state index in [1.54, 1.807) is 12.1 Å². The Balaban J connectivity index is 2.10. The van der Waals surface area contributed by atoms with Gasteiger partial charge in [0.25, 0.3) is 11.8 Å². The first-order valence-corrected chi connectivity index (χ1v) is 6.47. The fourth-order valence-corrected chi connectivity index (χ4v) is 1.34. The van der Waals surface area contributed by atoms with Crippen molar-refractivity contribution in [3.05, 3.63) is 30.3 Å². The molecule has 0 atom stereocenters. The van der Waals surface area contributed by atoms with Crippen molar-refractivity contribution in [1.29, 1.82) is 0 Å². The van der Waals surface area contributed by atoms with Gasteiger partial charge in [0.05, 0.1) is 0 Å². The number of rotatable bonds is 7. The fourth-order valence-electron chi connectivity index (χ4n) is 1.18. The van der Waals surface area contributed by atoms with Gasteiger partial charge in [-0.2, -0.15) is 0 Å². The number of ether oxygens (including phenoxy) is 1. The van der Waals surface area contributed by atoms with E-state index >= 15 is 0 Å². The average Bonchev–Trinajstić information content (AvgIpc) is 2.42. The highest BCUT2D eigenvalue weighted by atomic mass is 35.5. The quantitative estimate of drug-likeness (QED) is 0.585. The van der Waals surface area contributed by atoms with Crippen LogP contribution >= 0.6 is 23.2 Å². The van der Waals surface area contributed by atoms with Crippen LogP contribution in [0.5, 0.6) is 5.75 Å². The molecular formula is C12H14Cl2N2O3. The highest BCUT2D eigenvalue weighted by molar-refractivity contribution is 6.53. The minimum atomic E-state index is -1.10. The summed E-state index contributed by atoms with van der Waals surface area (Å²) in [5.74, 6) is -0.136. The van der Waals surface area contributed by atoms with Gasteiger partial charge in [0.2, 0.25) is 0 Å². The third-order valence-corrected chi connectivity index (χ3v) is 2.45. The van der Waals surface area contributed by atoms with Crippen molar-refractivity contribution in [3.8, 4) is 5.75 Å². The van der Waals surface area contributed by atoms with Gasteiger partial charge in [-0.15, -0.1) is 0 Å². The second-order valence-electron chi connectivity index (χ2n) is 3.54. The third-order valence-electron chi connectivity index (χ3n) is 2.06. The smallest absolute Gasteiger partial charge is 0.258 e. The van der Waals surface area contributed by atoms with Crippen molar-refractivity contribution < 1.29 is 14.3 Å². The summed E-state index contributed by atoms with van der Waals surface area (Å²) in [6, 6.07) is 9.01. The van der Waals surface area contributed by atoms with Crippen molar-refractivity contribution in [3.63, 3.8) is 0 Å². The third kappa shape index (κ3) is 6.88. The van der Waals surface area contributed by atoms with E-state index in [9.17, 15) is 9.59 Å². The summed E-state index contributed by atoms with van der Waals surface area (Å²) in [7, 11) is 0. The van der Waals surface area contributed by atoms with E-state index in [1.807, 2.05) is 18.2 Å². The molecule has 104 valence electrons. The molecule has 0 saturated carbocycles. The van der Waals surface area contributed by atoms with Crippen LogP contribution in [0, 0.1) is 0 Å². The summed E-state index contributed by atoms with van der Waals surface area (Å²) in [6.45, 7) is 0.459. The van der Waals surface area contributed by atoms with Crippen LogP contribution in [0.15, 0.2) is 30.3 Å². The molecule has 1 aromatic rings. The number of carbonyl (C=O) groups is 2. The molecule has 19 heavy (non-hydrogen) atoms. The highest BCUT2D eigenvalue weighted by Crippen LogP contribution is 2.07. The first-order chi connectivity index (χ1) is 9.09. The molecule has 0 aliphatic carbocycles. The maximum Gasteiger partial charge on any atom is 0.258 e. The number of alkyl halides is 2. The molecule has 2 amide bonds. The van der Waals surface area contributed by atoms with Gasteiger partial charge >= 0.3 is 0 Å². The van der Waals surface area contributed by atoms with Gasteiger partial charge in [0.15, 0.2) is 11.4 Å². The molecule has 2 N–H and O–H groups in total. The molecule has 0 aromatic heterocycles.